The molecular weight excluding hydrogens is 340 g/mol. The molecule has 144 valence electrons. The number of fused-ring (bicyclic) bond motifs is 1. The van der Waals surface area contributed by atoms with E-state index in [0.717, 1.165) is 53.7 Å². The van der Waals surface area contributed by atoms with Crippen LogP contribution in [-0.4, -0.2) is 47.9 Å². The third-order valence-corrected chi connectivity index (χ3v) is 5.24. The average Bonchev–Trinajstić information content (AvgIpc) is 2.62. The number of nitrogens with zero attached hydrogens (tertiary/aromatic N) is 2. The fraction of sp³-hybridized carbons (Fsp3) is 0.476. The largest absolute Gasteiger partial charge is 0.369 e. The molecule has 27 heavy (non-hydrogen) atoms. The lowest BCUT2D eigenvalue weighted by molar-refractivity contribution is -0.123. The number of carbonyl (C=O) groups excluding carboxylic acids is 2. The van der Waals surface area contributed by atoms with Gasteiger partial charge in [0.1, 0.15) is 0 Å². The van der Waals surface area contributed by atoms with Crippen LogP contribution in [0.3, 0.4) is 0 Å². The van der Waals surface area contributed by atoms with E-state index in [1.54, 1.807) is 0 Å². The van der Waals surface area contributed by atoms with Gasteiger partial charge in [0.25, 0.3) is 5.91 Å². The van der Waals surface area contributed by atoms with Crippen LogP contribution >= 0.6 is 0 Å². The van der Waals surface area contributed by atoms with E-state index in [1.165, 1.54) is 0 Å². The summed E-state index contributed by atoms with van der Waals surface area (Å²) in [6.45, 7) is 8.84. The van der Waals surface area contributed by atoms with Gasteiger partial charge in [0.15, 0.2) is 0 Å². The molecule has 1 atom stereocenters. The topological polar surface area (TPSA) is 88.3 Å². The predicted molar refractivity (Wildman–Crippen MR) is 107 cm³/mol. The summed E-state index contributed by atoms with van der Waals surface area (Å²) in [5, 5.41) is 3.92. The van der Waals surface area contributed by atoms with Crippen LogP contribution in [0, 0.1) is 26.7 Å². The minimum atomic E-state index is -0.229. The first-order valence-corrected chi connectivity index (χ1v) is 9.53. The third-order valence-electron chi connectivity index (χ3n) is 5.24. The number of likely N-dealkylation sites (tertiary alicyclic amines) is 1. The maximum absolute atomic E-state index is 12.8. The van der Waals surface area contributed by atoms with Crippen LogP contribution in [0.25, 0.3) is 10.9 Å². The van der Waals surface area contributed by atoms with Crippen molar-refractivity contribution in [2.75, 3.05) is 26.2 Å². The average molecular weight is 368 g/mol. The van der Waals surface area contributed by atoms with E-state index in [0.29, 0.717) is 18.7 Å². The number of hydrogen-bond acceptors (Lipinski definition) is 4. The maximum atomic E-state index is 12.8. The molecule has 2 heterocycles. The second kappa shape index (κ2) is 8.05. The van der Waals surface area contributed by atoms with Gasteiger partial charge in [0, 0.05) is 30.7 Å². The lowest BCUT2D eigenvalue weighted by Crippen LogP contribution is -2.44. The van der Waals surface area contributed by atoms with Gasteiger partial charge in [-0.2, -0.15) is 0 Å². The lowest BCUT2D eigenvalue weighted by atomic mass is 9.97. The van der Waals surface area contributed by atoms with Crippen molar-refractivity contribution in [1.82, 2.24) is 15.2 Å². The predicted octanol–water partition coefficient (Wildman–Crippen LogP) is 2.09. The van der Waals surface area contributed by atoms with Gasteiger partial charge in [-0.1, -0.05) is 11.6 Å². The summed E-state index contributed by atoms with van der Waals surface area (Å²) in [6.07, 6.45) is 1.83. The van der Waals surface area contributed by atoms with Crippen molar-refractivity contribution in [3.8, 4) is 0 Å². The van der Waals surface area contributed by atoms with E-state index < -0.39 is 0 Å². The molecule has 0 bridgehead atoms. The molecule has 6 nitrogen and oxygen atoms in total. The zero-order valence-corrected chi connectivity index (χ0v) is 16.3. The number of amides is 2. The summed E-state index contributed by atoms with van der Waals surface area (Å²) >= 11 is 0. The number of rotatable bonds is 5. The second-order valence-electron chi connectivity index (χ2n) is 7.59. The number of pyridine rings is 1. The highest BCUT2D eigenvalue weighted by molar-refractivity contribution is 6.07. The van der Waals surface area contributed by atoms with Crippen molar-refractivity contribution in [1.29, 1.82) is 0 Å². The van der Waals surface area contributed by atoms with Crippen LogP contribution in [0.15, 0.2) is 18.2 Å². The first-order chi connectivity index (χ1) is 12.8. The van der Waals surface area contributed by atoms with Gasteiger partial charge < -0.3 is 16.0 Å². The zero-order chi connectivity index (χ0) is 19.6. The fourth-order valence-electron chi connectivity index (χ4n) is 3.91. The van der Waals surface area contributed by atoms with Crippen molar-refractivity contribution in [2.24, 2.45) is 11.7 Å². The van der Waals surface area contributed by atoms with Crippen LogP contribution in [0.5, 0.6) is 0 Å². The quantitative estimate of drug-likeness (QED) is 0.846. The number of aryl methyl sites for hydroxylation is 3. The Morgan fingerprint density at radius 3 is 2.78 bits per heavy atom. The van der Waals surface area contributed by atoms with E-state index in [4.69, 9.17) is 5.73 Å². The Kier molecular flexibility index (Phi) is 5.75. The number of nitrogens with two attached hydrogens (primary N) is 1. The summed E-state index contributed by atoms with van der Waals surface area (Å²) in [5.74, 6) is -0.389. The van der Waals surface area contributed by atoms with E-state index >= 15 is 0 Å². The van der Waals surface area contributed by atoms with Crippen LogP contribution in [0.4, 0.5) is 0 Å². The van der Waals surface area contributed by atoms with Gasteiger partial charge in [-0.25, -0.2) is 0 Å². The smallest absolute Gasteiger partial charge is 0.252 e. The molecule has 3 rings (SSSR count). The highest BCUT2D eigenvalue weighted by Gasteiger charge is 2.23. The number of primary amides is 1. The van der Waals surface area contributed by atoms with Gasteiger partial charge in [0.05, 0.1) is 17.0 Å². The summed E-state index contributed by atoms with van der Waals surface area (Å²) in [7, 11) is 0. The molecule has 1 aliphatic heterocycles. The molecule has 0 aliphatic carbocycles. The Balaban J connectivity index is 1.69. The molecule has 3 N–H and O–H groups in total. The van der Waals surface area contributed by atoms with Gasteiger partial charge in [-0.15, -0.1) is 0 Å². The highest BCUT2D eigenvalue weighted by Crippen LogP contribution is 2.23. The lowest BCUT2D eigenvalue weighted by Gasteiger charge is -2.31. The van der Waals surface area contributed by atoms with Crippen LogP contribution in [-0.2, 0) is 4.79 Å². The Bertz CT molecular complexity index is 878. The molecule has 1 saturated heterocycles. The summed E-state index contributed by atoms with van der Waals surface area (Å²) in [5.41, 5.74) is 10.0. The van der Waals surface area contributed by atoms with Gasteiger partial charge in [-0.05, 0) is 57.9 Å². The van der Waals surface area contributed by atoms with Crippen LogP contribution in [0.1, 0.15) is 40.0 Å². The minimum Gasteiger partial charge on any atom is -0.369 e. The third kappa shape index (κ3) is 4.45. The van der Waals surface area contributed by atoms with Crippen molar-refractivity contribution < 1.29 is 9.59 Å². The fourth-order valence-corrected chi connectivity index (χ4v) is 3.91. The van der Waals surface area contributed by atoms with Crippen molar-refractivity contribution in [2.45, 2.75) is 33.6 Å². The Labute approximate surface area is 160 Å². The first kappa shape index (κ1) is 19.3. The summed E-state index contributed by atoms with van der Waals surface area (Å²) < 4.78 is 0. The molecule has 6 heteroatoms. The Hall–Kier alpha value is -2.47. The number of piperidine rings is 1. The monoisotopic (exact) mass is 368 g/mol. The molecule has 0 radical (unpaired) electrons. The van der Waals surface area contributed by atoms with Crippen LogP contribution in [0.2, 0.25) is 0 Å². The van der Waals surface area contributed by atoms with E-state index in [1.807, 2.05) is 32.9 Å². The van der Waals surface area contributed by atoms with E-state index in [9.17, 15) is 9.59 Å². The molecule has 0 unspecified atom stereocenters. The summed E-state index contributed by atoms with van der Waals surface area (Å²) in [4.78, 5) is 31.0. The van der Waals surface area contributed by atoms with Crippen molar-refractivity contribution in [3.63, 3.8) is 0 Å². The first-order valence-electron chi connectivity index (χ1n) is 9.53. The summed E-state index contributed by atoms with van der Waals surface area (Å²) in [6, 6.07) is 5.95. The van der Waals surface area contributed by atoms with Gasteiger partial charge >= 0.3 is 0 Å². The van der Waals surface area contributed by atoms with E-state index in [-0.39, 0.29) is 17.7 Å². The molecular formula is C21H28N4O2. The molecule has 1 aromatic carbocycles. The molecule has 0 spiro atoms. The second-order valence-corrected chi connectivity index (χ2v) is 7.59. The normalized spacial score (nSPS) is 17.8. The van der Waals surface area contributed by atoms with Crippen molar-refractivity contribution in [3.05, 3.63) is 40.6 Å². The van der Waals surface area contributed by atoms with Crippen molar-refractivity contribution >= 4 is 22.7 Å². The molecule has 2 amide bonds. The Morgan fingerprint density at radius 1 is 1.26 bits per heavy atom. The number of benzene rings is 1. The standard InChI is InChI=1S/C21H28N4O2/c1-13-9-14(2)19-17(10-13)18(11-15(3)24-19)21(27)23-6-8-25-7-4-5-16(12-25)20(22)26/h9-11,16H,4-8,12H2,1-3H3,(H2,22,26)(H,23,27)/t16-/m0/s1. The van der Waals surface area contributed by atoms with Gasteiger partial charge in [-0.3, -0.25) is 14.6 Å². The Morgan fingerprint density at radius 2 is 2.04 bits per heavy atom. The highest BCUT2D eigenvalue weighted by atomic mass is 16.2. The molecule has 1 fully saturated rings. The zero-order valence-electron chi connectivity index (χ0n) is 16.3. The molecule has 2 aromatic rings. The SMILES string of the molecule is Cc1cc(C)c2nc(C)cc(C(=O)NCCN3CCC[C@H](C(N)=O)C3)c2c1. The molecule has 0 saturated carbocycles. The minimum absolute atomic E-state index is 0.0767. The van der Waals surface area contributed by atoms with Crippen LogP contribution < -0.4 is 11.1 Å². The number of hydrogen-bond donors (Lipinski definition) is 2. The number of nitrogens with one attached hydrogen (secondary N) is 1. The number of carbonyl (C=O) groups is 2. The van der Waals surface area contributed by atoms with Gasteiger partial charge in [0.2, 0.25) is 5.91 Å². The molecule has 1 aliphatic rings. The maximum Gasteiger partial charge on any atom is 0.252 e. The number of aromatic nitrogens is 1. The van der Waals surface area contributed by atoms with E-state index in [2.05, 4.69) is 21.3 Å². The molecule has 1 aromatic heterocycles.